The van der Waals surface area contributed by atoms with E-state index in [9.17, 15) is 9.90 Å². The molecule has 0 saturated carbocycles. The van der Waals surface area contributed by atoms with Crippen LogP contribution in [0.3, 0.4) is 0 Å². The van der Waals surface area contributed by atoms with Gasteiger partial charge in [0.15, 0.2) is 0 Å². The number of nitrogens with zero attached hydrogens (tertiary/aromatic N) is 2. The van der Waals surface area contributed by atoms with Crippen molar-refractivity contribution >= 4 is 27.3 Å². The van der Waals surface area contributed by atoms with E-state index < -0.39 is 5.60 Å². The normalized spacial score (nSPS) is 22.4. The van der Waals surface area contributed by atoms with Gasteiger partial charge in [-0.15, -0.1) is 11.3 Å². The first kappa shape index (κ1) is 14.5. The highest BCUT2D eigenvalue weighted by Crippen LogP contribution is 2.29. The fraction of sp³-hybridized carbons (Fsp3) is 0.438. The molecule has 1 aromatic carbocycles. The Hall–Kier alpha value is -1.43. The Morgan fingerprint density at radius 1 is 1.43 bits per heavy atom. The van der Waals surface area contributed by atoms with Crippen LogP contribution in [-0.4, -0.2) is 60.1 Å². The number of amides is 1. The standard InChI is InChI=1S/C16H20N2O2S/c1-17(2)10-16(20)7-8-18(11-16)15(19)14-9-12-5-3-4-6-13(12)21-14/h3-6,9,20H,7-8,10-11H2,1-2H3/t16-/m0/s1. The van der Waals surface area contributed by atoms with E-state index in [4.69, 9.17) is 0 Å². The maximum atomic E-state index is 12.6. The summed E-state index contributed by atoms with van der Waals surface area (Å²) in [7, 11) is 3.88. The van der Waals surface area contributed by atoms with Crippen molar-refractivity contribution in [3.05, 3.63) is 35.2 Å². The number of likely N-dealkylation sites (tertiary alicyclic amines) is 1. The fourth-order valence-corrected chi connectivity index (χ4v) is 4.02. The van der Waals surface area contributed by atoms with Crippen molar-refractivity contribution in [2.75, 3.05) is 33.7 Å². The lowest BCUT2D eigenvalue weighted by Gasteiger charge is -2.26. The Kier molecular flexibility index (Phi) is 3.73. The third-order valence-corrected chi connectivity index (χ3v) is 4.97. The van der Waals surface area contributed by atoms with Crippen LogP contribution in [0.5, 0.6) is 0 Å². The highest BCUT2D eigenvalue weighted by atomic mass is 32.1. The fourth-order valence-electron chi connectivity index (χ4n) is 2.99. The molecule has 1 fully saturated rings. The minimum absolute atomic E-state index is 0.0332. The van der Waals surface area contributed by atoms with Crippen molar-refractivity contribution in [2.24, 2.45) is 0 Å². The number of carbonyl (C=O) groups excluding carboxylic acids is 1. The van der Waals surface area contributed by atoms with Crippen LogP contribution in [0.25, 0.3) is 10.1 Å². The largest absolute Gasteiger partial charge is 0.387 e. The molecule has 1 aliphatic rings. The molecule has 21 heavy (non-hydrogen) atoms. The van der Waals surface area contributed by atoms with E-state index in [0.29, 0.717) is 26.1 Å². The van der Waals surface area contributed by atoms with Gasteiger partial charge >= 0.3 is 0 Å². The molecule has 1 aromatic heterocycles. The Labute approximate surface area is 128 Å². The van der Waals surface area contributed by atoms with E-state index >= 15 is 0 Å². The maximum Gasteiger partial charge on any atom is 0.264 e. The van der Waals surface area contributed by atoms with Gasteiger partial charge in [0.05, 0.1) is 17.0 Å². The number of carbonyl (C=O) groups is 1. The number of hydrogen-bond acceptors (Lipinski definition) is 4. The predicted octanol–water partition coefficient (Wildman–Crippen LogP) is 2.04. The summed E-state index contributed by atoms with van der Waals surface area (Å²) >= 11 is 1.52. The molecule has 1 atom stereocenters. The predicted molar refractivity (Wildman–Crippen MR) is 85.8 cm³/mol. The second-order valence-corrected chi connectivity index (χ2v) is 7.17. The summed E-state index contributed by atoms with van der Waals surface area (Å²) in [6, 6.07) is 9.97. The average molecular weight is 304 g/mol. The van der Waals surface area contributed by atoms with Gasteiger partial charge in [-0.3, -0.25) is 4.79 Å². The molecule has 0 radical (unpaired) electrons. The molecule has 2 heterocycles. The van der Waals surface area contributed by atoms with Gasteiger partial charge in [0.1, 0.15) is 0 Å². The van der Waals surface area contributed by atoms with E-state index in [2.05, 4.69) is 0 Å². The van der Waals surface area contributed by atoms with Crippen LogP contribution in [-0.2, 0) is 0 Å². The van der Waals surface area contributed by atoms with Gasteiger partial charge in [-0.05, 0) is 38.0 Å². The first-order valence-corrected chi connectivity index (χ1v) is 7.93. The number of fused-ring (bicyclic) bond motifs is 1. The molecule has 0 spiro atoms. The Morgan fingerprint density at radius 2 is 2.19 bits per heavy atom. The van der Waals surface area contributed by atoms with Crippen LogP contribution in [0.2, 0.25) is 0 Å². The second-order valence-electron chi connectivity index (χ2n) is 6.09. The number of β-amino-alcohol motifs (C(OH)–C–C–N with tert-alkyl or cyclic N) is 1. The number of hydrogen-bond donors (Lipinski definition) is 1. The van der Waals surface area contributed by atoms with Gasteiger partial charge < -0.3 is 14.9 Å². The Bertz CT molecular complexity index is 634. The van der Waals surface area contributed by atoms with Crippen LogP contribution in [0.1, 0.15) is 16.1 Å². The first-order chi connectivity index (χ1) is 9.97. The van der Waals surface area contributed by atoms with Crippen LogP contribution in [0, 0.1) is 0 Å². The number of rotatable bonds is 3. The molecule has 1 amide bonds. The molecule has 3 rings (SSSR count). The lowest BCUT2D eigenvalue weighted by Crippen LogP contribution is -2.43. The summed E-state index contributed by atoms with van der Waals surface area (Å²) in [5.41, 5.74) is -0.782. The molecule has 2 aromatic rings. The topological polar surface area (TPSA) is 43.8 Å². The number of likely N-dealkylation sites (N-methyl/N-ethyl adjacent to an activating group) is 1. The van der Waals surface area contributed by atoms with Gasteiger partial charge in [-0.2, -0.15) is 0 Å². The van der Waals surface area contributed by atoms with Gasteiger partial charge in [-0.1, -0.05) is 18.2 Å². The van der Waals surface area contributed by atoms with Crippen molar-refractivity contribution in [3.8, 4) is 0 Å². The molecular weight excluding hydrogens is 284 g/mol. The van der Waals surface area contributed by atoms with Crippen molar-refractivity contribution in [1.82, 2.24) is 9.80 Å². The van der Waals surface area contributed by atoms with Gasteiger partial charge in [0.25, 0.3) is 5.91 Å². The molecular formula is C16H20N2O2S. The van der Waals surface area contributed by atoms with E-state index in [1.807, 2.05) is 49.3 Å². The summed E-state index contributed by atoms with van der Waals surface area (Å²) < 4.78 is 1.13. The van der Waals surface area contributed by atoms with Crippen molar-refractivity contribution in [2.45, 2.75) is 12.0 Å². The molecule has 0 aliphatic carbocycles. The maximum absolute atomic E-state index is 12.6. The molecule has 112 valence electrons. The molecule has 1 N–H and O–H groups in total. The zero-order valence-corrected chi connectivity index (χ0v) is 13.2. The second kappa shape index (κ2) is 5.40. The van der Waals surface area contributed by atoms with Crippen LogP contribution in [0.4, 0.5) is 0 Å². The van der Waals surface area contributed by atoms with Crippen molar-refractivity contribution in [3.63, 3.8) is 0 Å². The van der Waals surface area contributed by atoms with Crippen molar-refractivity contribution < 1.29 is 9.90 Å². The third-order valence-electron chi connectivity index (χ3n) is 3.87. The van der Waals surface area contributed by atoms with Gasteiger partial charge in [0, 0.05) is 17.8 Å². The summed E-state index contributed by atoms with van der Waals surface area (Å²) in [5, 5.41) is 11.6. The lowest BCUT2D eigenvalue weighted by atomic mass is 10.0. The van der Waals surface area contributed by atoms with Crippen LogP contribution < -0.4 is 0 Å². The molecule has 0 unspecified atom stereocenters. The van der Waals surface area contributed by atoms with Gasteiger partial charge in [-0.25, -0.2) is 0 Å². The number of aliphatic hydroxyl groups is 1. The monoisotopic (exact) mass is 304 g/mol. The van der Waals surface area contributed by atoms with Crippen LogP contribution in [0.15, 0.2) is 30.3 Å². The molecule has 0 bridgehead atoms. The van der Waals surface area contributed by atoms with E-state index in [1.54, 1.807) is 4.90 Å². The quantitative estimate of drug-likeness (QED) is 0.944. The van der Waals surface area contributed by atoms with Crippen LogP contribution >= 0.6 is 11.3 Å². The zero-order valence-electron chi connectivity index (χ0n) is 12.4. The SMILES string of the molecule is CN(C)C[C@@]1(O)CCN(C(=O)c2cc3ccccc3s2)C1. The number of benzene rings is 1. The van der Waals surface area contributed by atoms with E-state index in [-0.39, 0.29) is 5.91 Å². The smallest absolute Gasteiger partial charge is 0.264 e. The van der Waals surface area contributed by atoms with E-state index in [1.165, 1.54) is 11.3 Å². The van der Waals surface area contributed by atoms with Gasteiger partial charge in [0.2, 0.25) is 0 Å². The zero-order chi connectivity index (χ0) is 15.0. The molecule has 4 nitrogen and oxygen atoms in total. The van der Waals surface area contributed by atoms with E-state index in [0.717, 1.165) is 15.0 Å². The molecule has 1 saturated heterocycles. The molecule has 1 aliphatic heterocycles. The third kappa shape index (κ3) is 2.95. The summed E-state index contributed by atoms with van der Waals surface area (Å²) in [4.78, 5) is 17.1. The minimum Gasteiger partial charge on any atom is -0.387 e. The molecule has 5 heteroatoms. The highest BCUT2D eigenvalue weighted by molar-refractivity contribution is 7.20. The average Bonchev–Trinajstić information content (AvgIpc) is 3.00. The summed E-state index contributed by atoms with van der Waals surface area (Å²) in [6.45, 7) is 1.62. The minimum atomic E-state index is -0.782. The lowest BCUT2D eigenvalue weighted by molar-refractivity contribution is 0.0237. The number of thiophene rings is 1. The highest BCUT2D eigenvalue weighted by Gasteiger charge is 2.39. The summed E-state index contributed by atoms with van der Waals surface area (Å²) in [5.74, 6) is 0.0332. The van der Waals surface area contributed by atoms with Crippen molar-refractivity contribution in [1.29, 1.82) is 0 Å². The Morgan fingerprint density at radius 3 is 2.90 bits per heavy atom. The summed E-state index contributed by atoms with van der Waals surface area (Å²) in [6.07, 6.45) is 0.641. The Balaban J connectivity index is 1.77. The first-order valence-electron chi connectivity index (χ1n) is 7.12.